The molecule has 2 rings (SSSR count). The van der Waals surface area contributed by atoms with E-state index in [0.29, 0.717) is 5.02 Å². The van der Waals surface area contributed by atoms with Crippen molar-refractivity contribution >= 4 is 23.2 Å². The third-order valence-electron chi connectivity index (χ3n) is 3.73. The van der Waals surface area contributed by atoms with Gasteiger partial charge in [-0.05, 0) is 67.3 Å². The summed E-state index contributed by atoms with van der Waals surface area (Å²) in [6, 6.07) is 12.2. The Labute approximate surface area is 137 Å². The Morgan fingerprint density at radius 1 is 1.00 bits per heavy atom. The molecule has 2 aromatic rings. The number of benzene rings is 2. The number of halogens is 2. The molecule has 0 fully saturated rings. The first kappa shape index (κ1) is 16.4. The second kappa shape index (κ2) is 7.31. The molecule has 0 aliphatic carbocycles. The summed E-state index contributed by atoms with van der Waals surface area (Å²) in [4.78, 5) is 0. The first-order valence-electron chi connectivity index (χ1n) is 7.28. The van der Waals surface area contributed by atoms with Gasteiger partial charge in [0.2, 0.25) is 0 Å². The van der Waals surface area contributed by atoms with Crippen LogP contribution in [0.5, 0.6) is 0 Å². The lowest BCUT2D eigenvalue weighted by atomic mass is 9.95. The summed E-state index contributed by atoms with van der Waals surface area (Å²) in [6.45, 7) is 7.35. The normalized spacial score (nSPS) is 12.4. The predicted molar refractivity (Wildman–Crippen MR) is 92.5 cm³/mol. The lowest BCUT2D eigenvalue weighted by molar-refractivity contribution is 0.598. The van der Waals surface area contributed by atoms with Crippen LogP contribution in [-0.2, 0) is 0 Å². The number of hydrogen-bond donors (Lipinski definition) is 1. The van der Waals surface area contributed by atoms with Crippen molar-refractivity contribution in [3.05, 3.63) is 68.7 Å². The van der Waals surface area contributed by atoms with Crippen molar-refractivity contribution in [1.29, 1.82) is 0 Å². The molecule has 2 aromatic carbocycles. The average molecular weight is 322 g/mol. The Bertz CT molecular complexity index is 623. The van der Waals surface area contributed by atoms with Crippen LogP contribution in [0.15, 0.2) is 36.4 Å². The van der Waals surface area contributed by atoms with Crippen LogP contribution >= 0.6 is 23.2 Å². The summed E-state index contributed by atoms with van der Waals surface area (Å²) in [7, 11) is 0. The molecular weight excluding hydrogens is 301 g/mol. The molecule has 0 saturated carbocycles. The molecule has 0 aliphatic heterocycles. The molecule has 0 heterocycles. The highest BCUT2D eigenvalue weighted by Gasteiger charge is 2.17. The Kier molecular flexibility index (Phi) is 5.69. The Balaban J connectivity index is 2.46. The van der Waals surface area contributed by atoms with E-state index in [1.54, 1.807) is 0 Å². The summed E-state index contributed by atoms with van der Waals surface area (Å²) in [5.41, 5.74) is 4.83. The summed E-state index contributed by atoms with van der Waals surface area (Å²) in [5, 5.41) is 5.03. The van der Waals surface area contributed by atoms with E-state index in [9.17, 15) is 0 Å². The maximum Gasteiger partial charge on any atom is 0.0592 e. The van der Waals surface area contributed by atoms with Crippen LogP contribution in [0, 0.1) is 13.8 Å². The van der Waals surface area contributed by atoms with E-state index in [2.05, 4.69) is 44.3 Å². The fraction of sp³-hybridized carbons (Fsp3) is 0.333. The van der Waals surface area contributed by atoms with Crippen LogP contribution in [0.4, 0.5) is 0 Å². The fourth-order valence-corrected chi connectivity index (χ4v) is 2.78. The highest BCUT2D eigenvalue weighted by molar-refractivity contribution is 6.33. The summed E-state index contributed by atoms with van der Waals surface area (Å²) in [6.07, 6.45) is 1.07. The molecule has 0 saturated heterocycles. The fourth-order valence-electron chi connectivity index (χ4n) is 2.38. The predicted octanol–water partition coefficient (Wildman–Crippen LogP) is 5.70. The highest BCUT2D eigenvalue weighted by Crippen LogP contribution is 2.31. The van der Waals surface area contributed by atoms with Crippen LogP contribution in [0.2, 0.25) is 10.0 Å². The number of aryl methyl sites for hydroxylation is 2. The van der Waals surface area contributed by atoms with Gasteiger partial charge in [0.25, 0.3) is 0 Å². The van der Waals surface area contributed by atoms with Gasteiger partial charge in [-0.25, -0.2) is 0 Å². The van der Waals surface area contributed by atoms with Crippen LogP contribution in [0.25, 0.3) is 0 Å². The van der Waals surface area contributed by atoms with Crippen molar-refractivity contribution in [2.45, 2.75) is 33.2 Å². The zero-order chi connectivity index (χ0) is 15.4. The monoisotopic (exact) mass is 321 g/mol. The molecule has 0 spiro atoms. The van der Waals surface area contributed by atoms with Gasteiger partial charge in [-0.2, -0.15) is 0 Å². The SMILES string of the molecule is CCCNC(c1ccc(C)c(C)c1)c1cc(Cl)ccc1Cl. The first-order valence-corrected chi connectivity index (χ1v) is 8.04. The molecular formula is C18H21Cl2N. The van der Waals surface area contributed by atoms with Gasteiger partial charge < -0.3 is 5.32 Å². The van der Waals surface area contributed by atoms with E-state index in [-0.39, 0.29) is 6.04 Å². The van der Waals surface area contributed by atoms with Gasteiger partial charge in [-0.3, -0.25) is 0 Å². The van der Waals surface area contributed by atoms with Crippen molar-refractivity contribution in [2.24, 2.45) is 0 Å². The minimum absolute atomic E-state index is 0.0652. The Morgan fingerprint density at radius 2 is 1.76 bits per heavy atom. The summed E-state index contributed by atoms with van der Waals surface area (Å²) >= 11 is 12.5. The zero-order valence-electron chi connectivity index (χ0n) is 12.7. The molecule has 112 valence electrons. The molecule has 0 amide bonds. The number of rotatable bonds is 5. The van der Waals surface area contributed by atoms with Gasteiger partial charge in [0, 0.05) is 10.0 Å². The van der Waals surface area contributed by atoms with Crippen molar-refractivity contribution in [3.8, 4) is 0 Å². The smallest absolute Gasteiger partial charge is 0.0592 e. The molecule has 0 bridgehead atoms. The average Bonchev–Trinajstić information content (AvgIpc) is 2.46. The molecule has 0 aromatic heterocycles. The molecule has 0 radical (unpaired) electrons. The molecule has 3 heteroatoms. The van der Waals surface area contributed by atoms with E-state index >= 15 is 0 Å². The summed E-state index contributed by atoms with van der Waals surface area (Å²) in [5.74, 6) is 0. The largest absolute Gasteiger partial charge is 0.306 e. The zero-order valence-corrected chi connectivity index (χ0v) is 14.2. The van der Waals surface area contributed by atoms with Crippen molar-refractivity contribution in [2.75, 3.05) is 6.54 Å². The molecule has 21 heavy (non-hydrogen) atoms. The molecule has 1 N–H and O–H groups in total. The van der Waals surface area contributed by atoms with E-state index in [4.69, 9.17) is 23.2 Å². The lowest BCUT2D eigenvalue weighted by Crippen LogP contribution is -2.23. The van der Waals surface area contributed by atoms with Gasteiger partial charge in [0.1, 0.15) is 0 Å². The van der Waals surface area contributed by atoms with Crippen LogP contribution in [-0.4, -0.2) is 6.54 Å². The first-order chi connectivity index (χ1) is 10.0. The maximum atomic E-state index is 6.39. The lowest BCUT2D eigenvalue weighted by Gasteiger charge is -2.22. The van der Waals surface area contributed by atoms with Gasteiger partial charge in [-0.1, -0.05) is 48.3 Å². The van der Waals surface area contributed by atoms with E-state index in [1.165, 1.54) is 16.7 Å². The quantitative estimate of drug-likeness (QED) is 0.744. The maximum absolute atomic E-state index is 6.39. The second-order valence-electron chi connectivity index (χ2n) is 5.40. The Hall–Kier alpha value is -1.02. The topological polar surface area (TPSA) is 12.0 Å². The standard InChI is InChI=1S/C18H21Cl2N/c1-4-9-21-18(14-6-5-12(2)13(3)10-14)16-11-15(19)7-8-17(16)20/h5-8,10-11,18,21H,4,9H2,1-3H3. The minimum atomic E-state index is 0.0652. The summed E-state index contributed by atoms with van der Waals surface area (Å²) < 4.78 is 0. The highest BCUT2D eigenvalue weighted by atomic mass is 35.5. The van der Waals surface area contributed by atoms with Gasteiger partial charge in [0.15, 0.2) is 0 Å². The third kappa shape index (κ3) is 4.00. The van der Waals surface area contributed by atoms with E-state index in [0.717, 1.165) is 23.6 Å². The van der Waals surface area contributed by atoms with Crippen LogP contribution in [0.1, 0.15) is 41.6 Å². The molecule has 1 unspecified atom stereocenters. The molecule has 1 nitrogen and oxygen atoms in total. The van der Waals surface area contributed by atoms with Gasteiger partial charge in [0.05, 0.1) is 6.04 Å². The van der Waals surface area contributed by atoms with Gasteiger partial charge in [-0.15, -0.1) is 0 Å². The second-order valence-corrected chi connectivity index (χ2v) is 6.24. The molecule has 0 aliphatic rings. The number of hydrogen-bond acceptors (Lipinski definition) is 1. The Morgan fingerprint density at radius 3 is 2.43 bits per heavy atom. The van der Waals surface area contributed by atoms with Crippen LogP contribution < -0.4 is 5.32 Å². The van der Waals surface area contributed by atoms with E-state index in [1.807, 2.05) is 18.2 Å². The number of nitrogens with one attached hydrogen (secondary N) is 1. The van der Waals surface area contributed by atoms with E-state index < -0.39 is 0 Å². The van der Waals surface area contributed by atoms with Crippen molar-refractivity contribution < 1.29 is 0 Å². The van der Waals surface area contributed by atoms with Gasteiger partial charge >= 0.3 is 0 Å². The van der Waals surface area contributed by atoms with Crippen molar-refractivity contribution in [1.82, 2.24) is 5.32 Å². The minimum Gasteiger partial charge on any atom is -0.306 e. The van der Waals surface area contributed by atoms with Crippen LogP contribution in [0.3, 0.4) is 0 Å². The van der Waals surface area contributed by atoms with Crippen molar-refractivity contribution in [3.63, 3.8) is 0 Å². The molecule has 1 atom stereocenters. The third-order valence-corrected chi connectivity index (χ3v) is 4.31.